The van der Waals surface area contributed by atoms with Crippen molar-refractivity contribution in [2.45, 2.75) is 26.7 Å². The molecule has 0 spiro atoms. The summed E-state index contributed by atoms with van der Waals surface area (Å²) in [5.41, 5.74) is 5.24. The molecule has 3 rings (SSSR count). The molecule has 3 heteroatoms. The number of benzene rings is 1. The van der Waals surface area contributed by atoms with Crippen LogP contribution in [-0.4, -0.2) is 10.8 Å². The smallest absolute Gasteiger partial charge is 0.189 e. The number of pyridine rings is 1. The van der Waals surface area contributed by atoms with Gasteiger partial charge >= 0.3 is 0 Å². The standard InChI is InChI=1S/C18H16FNO/c1-11-7-13-3-4-15(18(21)16(13)8-12(11)2)9-14-5-6-20-10-17(14)19/h5-10H,3-4H2,1-2H3/b15-9+. The highest BCUT2D eigenvalue weighted by molar-refractivity contribution is 6.13. The number of carbonyl (C=O) groups is 1. The number of hydrogen-bond acceptors (Lipinski definition) is 2. The molecule has 106 valence electrons. The van der Waals surface area contributed by atoms with Crippen LogP contribution in [0.25, 0.3) is 6.08 Å². The third-order valence-corrected chi connectivity index (χ3v) is 4.05. The third-order valence-electron chi connectivity index (χ3n) is 4.05. The Morgan fingerprint density at radius 3 is 2.71 bits per heavy atom. The molecule has 0 radical (unpaired) electrons. The lowest BCUT2D eigenvalue weighted by atomic mass is 9.84. The third kappa shape index (κ3) is 2.51. The molecule has 0 N–H and O–H groups in total. The second-order valence-electron chi connectivity index (χ2n) is 5.49. The molecular weight excluding hydrogens is 265 g/mol. The van der Waals surface area contributed by atoms with Crippen LogP contribution in [0.3, 0.4) is 0 Å². The molecule has 0 amide bonds. The number of carbonyl (C=O) groups excluding carboxylic acids is 1. The van der Waals surface area contributed by atoms with Crippen LogP contribution in [0.2, 0.25) is 0 Å². The molecule has 2 nitrogen and oxygen atoms in total. The van der Waals surface area contributed by atoms with Crippen molar-refractivity contribution in [2.24, 2.45) is 0 Å². The fourth-order valence-electron chi connectivity index (χ4n) is 2.68. The molecule has 1 aliphatic rings. The molecule has 1 heterocycles. The van der Waals surface area contributed by atoms with E-state index in [9.17, 15) is 9.18 Å². The molecule has 0 atom stereocenters. The van der Waals surface area contributed by atoms with Gasteiger partial charge in [-0.05, 0) is 61.6 Å². The van der Waals surface area contributed by atoms with Gasteiger partial charge in [-0.1, -0.05) is 6.07 Å². The van der Waals surface area contributed by atoms with Crippen LogP contribution >= 0.6 is 0 Å². The lowest BCUT2D eigenvalue weighted by Gasteiger charge is -2.19. The zero-order valence-electron chi connectivity index (χ0n) is 12.1. The quantitative estimate of drug-likeness (QED) is 0.738. The number of aryl methyl sites for hydroxylation is 3. The van der Waals surface area contributed by atoms with E-state index in [-0.39, 0.29) is 5.78 Å². The summed E-state index contributed by atoms with van der Waals surface area (Å²) in [5.74, 6) is -0.390. The number of Topliss-reactive ketones (excluding diaryl/α,β-unsaturated/α-hetero) is 1. The van der Waals surface area contributed by atoms with Crippen molar-refractivity contribution in [3.05, 3.63) is 69.8 Å². The number of halogens is 1. The number of fused-ring (bicyclic) bond motifs is 1. The molecule has 0 aliphatic heterocycles. The lowest BCUT2D eigenvalue weighted by molar-refractivity contribution is 0.102. The molecular formula is C18H16FNO. The van der Waals surface area contributed by atoms with Crippen molar-refractivity contribution in [3.8, 4) is 0 Å². The van der Waals surface area contributed by atoms with Gasteiger partial charge in [0.05, 0.1) is 6.20 Å². The highest BCUT2D eigenvalue weighted by atomic mass is 19.1. The van der Waals surface area contributed by atoms with Crippen molar-refractivity contribution in [1.29, 1.82) is 0 Å². The van der Waals surface area contributed by atoms with Gasteiger partial charge in [0.1, 0.15) is 5.82 Å². The van der Waals surface area contributed by atoms with Crippen LogP contribution in [0.1, 0.15) is 39.0 Å². The normalized spacial score (nSPS) is 16.1. The zero-order chi connectivity index (χ0) is 15.0. The van der Waals surface area contributed by atoms with E-state index in [1.54, 1.807) is 12.1 Å². The monoisotopic (exact) mass is 281 g/mol. The van der Waals surface area contributed by atoms with Gasteiger partial charge in [0.25, 0.3) is 0 Å². The number of nitrogens with zero attached hydrogens (tertiary/aromatic N) is 1. The van der Waals surface area contributed by atoms with E-state index in [2.05, 4.69) is 18.0 Å². The summed E-state index contributed by atoms with van der Waals surface area (Å²) in [6.45, 7) is 4.06. The van der Waals surface area contributed by atoms with Gasteiger partial charge in [-0.25, -0.2) is 4.39 Å². The summed E-state index contributed by atoms with van der Waals surface area (Å²) in [4.78, 5) is 16.3. The second-order valence-corrected chi connectivity index (χ2v) is 5.49. The molecule has 2 aromatic rings. The van der Waals surface area contributed by atoms with Crippen molar-refractivity contribution < 1.29 is 9.18 Å². The average Bonchev–Trinajstić information content (AvgIpc) is 2.46. The van der Waals surface area contributed by atoms with Crippen molar-refractivity contribution in [1.82, 2.24) is 4.98 Å². The minimum Gasteiger partial charge on any atom is -0.289 e. The first-order valence-corrected chi connectivity index (χ1v) is 7.01. The highest BCUT2D eigenvalue weighted by Gasteiger charge is 2.22. The summed E-state index contributed by atoms with van der Waals surface area (Å²) in [5, 5.41) is 0. The number of allylic oxidation sites excluding steroid dienone is 1. The molecule has 0 saturated carbocycles. The Balaban J connectivity index is 2.03. The molecule has 0 bridgehead atoms. The van der Waals surface area contributed by atoms with E-state index in [0.717, 1.165) is 23.1 Å². The van der Waals surface area contributed by atoms with E-state index >= 15 is 0 Å². The summed E-state index contributed by atoms with van der Waals surface area (Å²) < 4.78 is 13.7. The molecule has 1 aliphatic carbocycles. The molecule has 0 fully saturated rings. The lowest BCUT2D eigenvalue weighted by Crippen LogP contribution is -2.15. The maximum Gasteiger partial charge on any atom is 0.189 e. The van der Waals surface area contributed by atoms with Gasteiger partial charge in [0.2, 0.25) is 0 Å². The van der Waals surface area contributed by atoms with Gasteiger partial charge in [0.15, 0.2) is 5.78 Å². The molecule has 1 aromatic carbocycles. The topological polar surface area (TPSA) is 30.0 Å². The minimum absolute atomic E-state index is 0.00978. The Hall–Kier alpha value is -2.29. The van der Waals surface area contributed by atoms with Gasteiger partial charge in [-0.3, -0.25) is 9.78 Å². The Morgan fingerprint density at radius 1 is 1.19 bits per heavy atom. The number of hydrogen-bond donors (Lipinski definition) is 0. The van der Waals surface area contributed by atoms with E-state index in [1.807, 2.05) is 13.0 Å². The Morgan fingerprint density at radius 2 is 1.95 bits per heavy atom. The van der Waals surface area contributed by atoms with Crippen molar-refractivity contribution in [3.63, 3.8) is 0 Å². The van der Waals surface area contributed by atoms with Crippen molar-refractivity contribution in [2.75, 3.05) is 0 Å². The summed E-state index contributed by atoms with van der Waals surface area (Å²) >= 11 is 0. The van der Waals surface area contributed by atoms with Gasteiger partial charge in [-0.15, -0.1) is 0 Å². The van der Waals surface area contributed by atoms with Crippen molar-refractivity contribution >= 4 is 11.9 Å². The van der Waals surface area contributed by atoms with Crippen LogP contribution in [-0.2, 0) is 6.42 Å². The Labute approximate surface area is 123 Å². The van der Waals surface area contributed by atoms with E-state index in [1.165, 1.54) is 18.0 Å². The SMILES string of the molecule is Cc1cc2c(cc1C)C(=O)/C(=C/c1ccncc1F)CC2. The average molecular weight is 281 g/mol. The van der Waals surface area contributed by atoms with Crippen LogP contribution in [0, 0.1) is 19.7 Å². The molecule has 0 unspecified atom stereocenters. The number of aromatic nitrogens is 1. The minimum atomic E-state index is -0.399. The fraction of sp³-hybridized carbons (Fsp3) is 0.222. The fourth-order valence-corrected chi connectivity index (χ4v) is 2.68. The van der Waals surface area contributed by atoms with Gasteiger partial charge in [-0.2, -0.15) is 0 Å². The Kier molecular flexibility index (Phi) is 3.42. The van der Waals surface area contributed by atoms with Crippen LogP contribution in [0.15, 0.2) is 36.2 Å². The van der Waals surface area contributed by atoms with Crippen LogP contribution in [0.5, 0.6) is 0 Å². The maximum absolute atomic E-state index is 13.7. The largest absolute Gasteiger partial charge is 0.289 e. The van der Waals surface area contributed by atoms with E-state index < -0.39 is 5.82 Å². The second kappa shape index (κ2) is 5.24. The summed E-state index contributed by atoms with van der Waals surface area (Å²) in [6, 6.07) is 5.63. The van der Waals surface area contributed by atoms with E-state index in [0.29, 0.717) is 17.6 Å². The van der Waals surface area contributed by atoms with Gasteiger partial charge < -0.3 is 0 Å². The first-order chi connectivity index (χ1) is 10.1. The zero-order valence-corrected chi connectivity index (χ0v) is 12.1. The molecule has 21 heavy (non-hydrogen) atoms. The number of rotatable bonds is 1. The van der Waals surface area contributed by atoms with Crippen LogP contribution in [0.4, 0.5) is 4.39 Å². The summed E-state index contributed by atoms with van der Waals surface area (Å²) in [6.07, 6.45) is 5.82. The van der Waals surface area contributed by atoms with E-state index in [4.69, 9.17) is 0 Å². The molecule has 0 saturated heterocycles. The molecule has 1 aromatic heterocycles. The predicted octanol–water partition coefficient (Wildman–Crippen LogP) is 4.05. The maximum atomic E-state index is 13.7. The van der Waals surface area contributed by atoms with Crippen LogP contribution < -0.4 is 0 Å². The highest BCUT2D eigenvalue weighted by Crippen LogP contribution is 2.29. The van der Waals surface area contributed by atoms with Gasteiger partial charge in [0, 0.05) is 22.9 Å². The Bertz CT molecular complexity index is 762. The summed E-state index contributed by atoms with van der Waals surface area (Å²) in [7, 11) is 0. The first-order valence-electron chi connectivity index (χ1n) is 7.01. The predicted molar refractivity (Wildman–Crippen MR) is 80.7 cm³/mol. The number of ketones is 1. The first kappa shape index (κ1) is 13.7.